The Balaban J connectivity index is 2.28. The zero-order valence-electron chi connectivity index (χ0n) is 12.1. The maximum absolute atomic E-state index is 13.0. The summed E-state index contributed by atoms with van der Waals surface area (Å²) in [5, 5.41) is 0.122. The van der Waals surface area contributed by atoms with E-state index in [0.29, 0.717) is 0 Å². The second-order valence-corrected chi connectivity index (χ2v) is 6.40. The molecule has 2 atom stereocenters. The topological polar surface area (TPSA) is 26.0 Å². The smallest absolute Gasteiger partial charge is 0.123 e. The molecule has 0 fully saturated rings. The molecule has 0 heterocycles. The Hall–Kier alpha value is -1.32. The van der Waals surface area contributed by atoms with Crippen molar-refractivity contribution in [1.82, 2.24) is 0 Å². The van der Waals surface area contributed by atoms with E-state index in [9.17, 15) is 4.39 Å². The minimum atomic E-state index is -0.214. The summed E-state index contributed by atoms with van der Waals surface area (Å²) in [6.07, 6.45) is 0. The Kier molecular flexibility index (Phi) is 4.84. The van der Waals surface area contributed by atoms with Crippen molar-refractivity contribution in [3.63, 3.8) is 0 Å². The molecular formula is C17H20FNS. The molecule has 2 unspecified atom stereocenters. The summed E-state index contributed by atoms with van der Waals surface area (Å²) in [7, 11) is 0. The second-order valence-electron chi connectivity index (χ2n) is 5.22. The van der Waals surface area contributed by atoms with Gasteiger partial charge in [0.1, 0.15) is 5.82 Å². The summed E-state index contributed by atoms with van der Waals surface area (Å²) < 4.78 is 13.0. The molecule has 2 aromatic carbocycles. The normalized spacial score (nSPS) is 14.1. The molecule has 0 amide bonds. The van der Waals surface area contributed by atoms with Gasteiger partial charge in [-0.05, 0) is 50.1 Å². The highest BCUT2D eigenvalue weighted by molar-refractivity contribution is 7.99. The molecular weight excluding hydrogens is 269 g/mol. The molecule has 106 valence electrons. The largest absolute Gasteiger partial charge is 0.327 e. The van der Waals surface area contributed by atoms with Crippen LogP contribution in [0.4, 0.5) is 4.39 Å². The molecule has 0 aliphatic rings. The number of hydrogen-bond acceptors (Lipinski definition) is 2. The average Bonchev–Trinajstić information content (AvgIpc) is 2.39. The molecule has 2 aromatic rings. The van der Waals surface area contributed by atoms with Crippen molar-refractivity contribution in [3.8, 4) is 0 Å². The van der Waals surface area contributed by atoms with Crippen molar-refractivity contribution < 1.29 is 4.39 Å². The van der Waals surface area contributed by atoms with Crippen LogP contribution in [0.1, 0.15) is 28.9 Å². The summed E-state index contributed by atoms with van der Waals surface area (Å²) >= 11 is 1.74. The predicted octanol–water partition coefficient (Wildman–Crippen LogP) is 4.62. The van der Waals surface area contributed by atoms with Gasteiger partial charge in [-0.2, -0.15) is 0 Å². The first-order valence-corrected chi connectivity index (χ1v) is 7.60. The molecule has 0 aliphatic carbocycles. The maximum atomic E-state index is 13.0. The van der Waals surface area contributed by atoms with Crippen LogP contribution in [-0.4, -0.2) is 6.04 Å². The van der Waals surface area contributed by atoms with Crippen LogP contribution in [0.25, 0.3) is 0 Å². The van der Waals surface area contributed by atoms with Gasteiger partial charge in [0, 0.05) is 16.2 Å². The van der Waals surface area contributed by atoms with Gasteiger partial charge in [-0.3, -0.25) is 0 Å². The Morgan fingerprint density at radius 3 is 2.25 bits per heavy atom. The number of thioether (sulfide) groups is 1. The quantitative estimate of drug-likeness (QED) is 0.831. The van der Waals surface area contributed by atoms with Crippen molar-refractivity contribution >= 4 is 11.8 Å². The van der Waals surface area contributed by atoms with Crippen molar-refractivity contribution in [2.45, 2.75) is 37.0 Å². The molecule has 0 radical (unpaired) electrons. The molecule has 0 aliphatic heterocycles. The fourth-order valence-corrected chi connectivity index (χ4v) is 3.37. The van der Waals surface area contributed by atoms with Crippen LogP contribution in [0.2, 0.25) is 0 Å². The summed E-state index contributed by atoms with van der Waals surface area (Å²) in [6.45, 7) is 6.19. The van der Waals surface area contributed by atoms with Gasteiger partial charge in [-0.1, -0.05) is 29.8 Å². The fourth-order valence-electron chi connectivity index (χ4n) is 2.20. The van der Waals surface area contributed by atoms with Crippen LogP contribution < -0.4 is 5.73 Å². The first kappa shape index (κ1) is 15.1. The van der Waals surface area contributed by atoms with E-state index in [4.69, 9.17) is 5.73 Å². The van der Waals surface area contributed by atoms with Crippen molar-refractivity contribution in [3.05, 3.63) is 65.0 Å². The number of nitrogens with two attached hydrogens (primary N) is 1. The highest BCUT2D eigenvalue weighted by atomic mass is 32.2. The van der Waals surface area contributed by atoms with E-state index in [2.05, 4.69) is 32.0 Å². The number of halogens is 1. The summed E-state index contributed by atoms with van der Waals surface area (Å²) in [5.74, 6) is -0.214. The average molecular weight is 289 g/mol. The Bertz CT molecular complexity index is 578. The van der Waals surface area contributed by atoms with Crippen LogP contribution in [0, 0.1) is 19.7 Å². The summed E-state index contributed by atoms with van der Waals surface area (Å²) in [6, 6.07) is 13.0. The molecule has 20 heavy (non-hydrogen) atoms. The van der Waals surface area contributed by atoms with Gasteiger partial charge in [0.05, 0.1) is 0 Å². The Morgan fingerprint density at radius 1 is 1.05 bits per heavy atom. The lowest BCUT2D eigenvalue weighted by molar-refractivity contribution is 0.625. The van der Waals surface area contributed by atoms with Crippen LogP contribution in [0.5, 0.6) is 0 Å². The Morgan fingerprint density at radius 2 is 1.70 bits per heavy atom. The zero-order valence-corrected chi connectivity index (χ0v) is 12.9. The minimum Gasteiger partial charge on any atom is -0.327 e. The Labute approximate surface area is 124 Å². The third kappa shape index (κ3) is 3.62. The van der Waals surface area contributed by atoms with Crippen LogP contribution in [0.15, 0.2) is 47.4 Å². The summed E-state index contributed by atoms with van der Waals surface area (Å²) in [5.41, 5.74) is 9.69. The first-order chi connectivity index (χ1) is 9.47. The zero-order chi connectivity index (χ0) is 14.7. The maximum Gasteiger partial charge on any atom is 0.123 e. The number of rotatable bonds is 4. The van der Waals surface area contributed by atoms with Gasteiger partial charge >= 0.3 is 0 Å². The number of hydrogen-bond donors (Lipinski definition) is 1. The molecule has 2 rings (SSSR count). The standard InChI is InChI=1S/C17H20FNS/c1-11-4-9-16(12(2)10-11)20-17(13(3)19)14-5-7-15(18)8-6-14/h4-10,13,17H,19H2,1-3H3. The van der Waals surface area contributed by atoms with E-state index in [-0.39, 0.29) is 17.1 Å². The van der Waals surface area contributed by atoms with Crippen LogP contribution >= 0.6 is 11.8 Å². The van der Waals surface area contributed by atoms with Gasteiger partial charge < -0.3 is 5.73 Å². The van der Waals surface area contributed by atoms with E-state index >= 15 is 0 Å². The van der Waals surface area contributed by atoms with Gasteiger partial charge in [0.15, 0.2) is 0 Å². The van der Waals surface area contributed by atoms with E-state index in [1.807, 2.05) is 19.1 Å². The van der Waals surface area contributed by atoms with Crippen LogP contribution in [0.3, 0.4) is 0 Å². The van der Waals surface area contributed by atoms with Crippen molar-refractivity contribution in [2.24, 2.45) is 5.73 Å². The van der Waals surface area contributed by atoms with E-state index in [0.717, 1.165) is 5.56 Å². The number of aryl methyl sites for hydroxylation is 2. The lowest BCUT2D eigenvalue weighted by atomic mass is 10.1. The predicted molar refractivity (Wildman–Crippen MR) is 84.6 cm³/mol. The molecule has 0 spiro atoms. The van der Waals surface area contributed by atoms with Gasteiger partial charge in [-0.25, -0.2) is 4.39 Å². The number of benzene rings is 2. The molecule has 0 saturated carbocycles. The highest BCUT2D eigenvalue weighted by Crippen LogP contribution is 2.38. The van der Waals surface area contributed by atoms with Crippen molar-refractivity contribution in [2.75, 3.05) is 0 Å². The lowest BCUT2D eigenvalue weighted by Crippen LogP contribution is -2.22. The molecule has 3 heteroatoms. The van der Waals surface area contributed by atoms with E-state index in [1.165, 1.54) is 28.2 Å². The van der Waals surface area contributed by atoms with E-state index in [1.54, 1.807) is 11.8 Å². The molecule has 1 nitrogen and oxygen atoms in total. The monoisotopic (exact) mass is 289 g/mol. The van der Waals surface area contributed by atoms with Gasteiger partial charge in [0.25, 0.3) is 0 Å². The van der Waals surface area contributed by atoms with Crippen molar-refractivity contribution in [1.29, 1.82) is 0 Å². The molecule has 0 bridgehead atoms. The third-order valence-electron chi connectivity index (χ3n) is 3.26. The fraction of sp³-hybridized carbons (Fsp3) is 0.294. The summed E-state index contributed by atoms with van der Waals surface area (Å²) in [4.78, 5) is 1.22. The third-order valence-corrected chi connectivity index (χ3v) is 4.93. The second kappa shape index (κ2) is 6.42. The lowest BCUT2D eigenvalue weighted by Gasteiger charge is -2.22. The van der Waals surface area contributed by atoms with E-state index < -0.39 is 0 Å². The molecule has 0 saturated heterocycles. The van der Waals surface area contributed by atoms with Crippen LogP contribution in [-0.2, 0) is 0 Å². The van der Waals surface area contributed by atoms with Gasteiger partial charge in [-0.15, -0.1) is 11.8 Å². The first-order valence-electron chi connectivity index (χ1n) is 6.72. The molecule has 0 aromatic heterocycles. The molecule has 2 N–H and O–H groups in total. The highest BCUT2D eigenvalue weighted by Gasteiger charge is 2.18. The van der Waals surface area contributed by atoms with Gasteiger partial charge in [0.2, 0.25) is 0 Å². The minimum absolute atomic E-state index is 0.00818. The SMILES string of the molecule is Cc1ccc(SC(c2ccc(F)cc2)C(C)N)c(C)c1.